The topological polar surface area (TPSA) is 18.5 Å². The third-order valence-electron chi connectivity index (χ3n) is 2.36. The second-order valence-corrected chi connectivity index (χ2v) is 4.46. The Morgan fingerprint density at radius 2 is 2.13 bits per heavy atom. The molecule has 0 aliphatic carbocycles. The molecule has 0 bridgehead atoms. The molecule has 1 aliphatic rings. The van der Waals surface area contributed by atoms with E-state index in [2.05, 4.69) is 15.9 Å². The highest BCUT2D eigenvalue weighted by Crippen LogP contribution is 2.31. The molecule has 0 amide bonds. The Labute approximate surface area is 95.2 Å². The van der Waals surface area contributed by atoms with Crippen LogP contribution in [-0.2, 0) is 9.47 Å². The normalized spacial score (nSPS) is 28.0. The fraction of sp³-hybridized carbons (Fsp3) is 1.00. The predicted molar refractivity (Wildman–Crippen MR) is 53.2 cm³/mol. The summed E-state index contributed by atoms with van der Waals surface area (Å²) in [6.45, 7) is 0.0731. The largest absolute Gasteiger partial charge is 0.411 e. The zero-order valence-electron chi connectivity index (χ0n) is 8.28. The average Bonchev–Trinajstić information content (AvgIpc) is 2.17. The van der Waals surface area contributed by atoms with Gasteiger partial charge < -0.3 is 9.47 Å². The zero-order valence-corrected chi connectivity index (χ0v) is 9.86. The van der Waals surface area contributed by atoms with Gasteiger partial charge in [-0.2, -0.15) is 13.2 Å². The van der Waals surface area contributed by atoms with Gasteiger partial charge in [0.1, 0.15) is 6.61 Å². The van der Waals surface area contributed by atoms with Gasteiger partial charge in [-0.25, -0.2) is 0 Å². The van der Waals surface area contributed by atoms with Gasteiger partial charge in [0.15, 0.2) is 0 Å². The third-order valence-corrected chi connectivity index (χ3v) is 3.55. The Morgan fingerprint density at radius 1 is 1.40 bits per heavy atom. The lowest BCUT2D eigenvalue weighted by Gasteiger charge is -2.35. The highest BCUT2D eigenvalue weighted by molar-refractivity contribution is 9.09. The Morgan fingerprint density at radius 3 is 2.60 bits per heavy atom. The van der Waals surface area contributed by atoms with Crippen LogP contribution < -0.4 is 0 Å². The van der Waals surface area contributed by atoms with Crippen molar-refractivity contribution in [1.29, 1.82) is 0 Å². The Kier molecular flexibility index (Phi) is 4.86. The van der Waals surface area contributed by atoms with Crippen molar-refractivity contribution >= 4 is 15.9 Å². The molecule has 1 unspecified atom stereocenters. The fourth-order valence-corrected chi connectivity index (χ4v) is 2.16. The predicted octanol–water partition coefficient (Wildman–Crippen LogP) is 2.76. The second kappa shape index (κ2) is 5.50. The van der Waals surface area contributed by atoms with Gasteiger partial charge in [0.25, 0.3) is 0 Å². The monoisotopic (exact) mass is 290 g/mol. The van der Waals surface area contributed by atoms with Crippen molar-refractivity contribution in [3.63, 3.8) is 0 Å². The van der Waals surface area contributed by atoms with Gasteiger partial charge in [-0.1, -0.05) is 15.9 Å². The summed E-state index contributed by atoms with van der Waals surface area (Å²) >= 11 is 3.31. The van der Waals surface area contributed by atoms with Crippen molar-refractivity contribution in [3.8, 4) is 0 Å². The smallest absolute Gasteiger partial charge is 0.381 e. The van der Waals surface area contributed by atoms with Crippen LogP contribution in [0.25, 0.3) is 0 Å². The second-order valence-electron chi connectivity index (χ2n) is 3.90. The maximum atomic E-state index is 11.9. The Balaban J connectivity index is 2.33. The minimum absolute atomic E-state index is 0.0950. The molecule has 6 heteroatoms. The van der Waals surface area contributed by atoms with Crippen LogP contribution in [0.4, 0.5) is 13.2 Å². The van der Waals surface area contributed by atoms with Crippen LogP contribution in [0.5, 0.6) is 0 Å². The maximum Gasteiger partial charge on any atom is 0.411 e. The van der Waals surface area contributed by atoms with Crippen LogP contribution >= 0.6 is 15.9 Å². The summed E-state index contributed by atoms with van der Waals surface area (Å²) in [5.74, 6) is 0. The molecule has 90 valence electrons. The summed E-state index contributed by atoms with van der Waals surface area (Å²) in [6.07, 6.45) is -2.53. The minimum Gasteiger partial charge on any atom is -0.381 e. The van der Waals surface area contributed by atoms with Crippen LogP contribution in [0.3, 0.4) is 0 Å². The van der Waals surface area contributed by atoms with E-state index in [9.17, 15) is 13.2 Å². The van der Waals surface area contributed by atoms with Gasteiger partial charge >= 0.3 is 6.18 Å². The molecule has 0 aromatic carbocycles. The molecule has 1 atom stereocenters. The van der Waals surface area contributed by atoms with E-state index in [1.807, 2.05) is 0 Å². The first-order chi connectivity index (χ1) is 6.97. The van der Waals surface area contributed by atoms with E-state index >= 15 is 0 Å². The molecule has 2 nitrogen and oxygen atoms in total. The van der Waals surface area contributed by atoms with E-state index in [0.29, 0.717) is 18.5 Å². The summed E-state index contributed by atoms with van der Waals surface area (Å²) in [5.41, 5.74) is -0.288. The molecule has 1 heterocycles. The molecular formula is C9H14BrF3O2. The molecule has 1 aliphatic heterocycles. The highest BCUT2D eigenvalue weighted by atomic mass is 79.9. The molecule has 0 aromatic heterocycles. The van der Waals surface area contributed by atoms with Gasteiger partial charge in [-0.3, -0.25) is 0 Å². The number of alkyl halides is 4. The summed E-state index contributed by atoms with van der Waals surface area (Å²) in [5, 5.41) is 0.609. The number of rotatable bonds is 4. The fourth-order valence-electron chi connectivity index (χ4n) is 1.55. The Hall–Kier alpha value is 0.190. The van der Waals surface area contributed by atoms with Crippen molar-refractivity contribution in [2.24, 2.45) is 5.41 Å². The van der Waals surface area contributed by atoms with E-state index in [4.69, 9.17) is 9.47 Å². The number of hydrogen-bond acceptors (Lipinski definition) is 2. The number of halogens is 4. The van der Waals surface area contributed by atoms with Crippen LogP contribution in [-0.4, -0.2) is 37.9 Å². The van der Waals surface area contributed by atoms with Gasteiger partial charge in [-0.05, 0) is 12.8 Å². The Bertz CT molecular complexity index is 190. The van der Waals surface area contributed by atoms with E-state index in [0.717, 1.165) is 12.8 Å². The number of hydrogen-bond donors (Lipinski definition) is 0. The first kappa shape index (κ1) is 13.3. The average molecular weight is 291 g/mol. The third kappa shape index (κ3) is 4.70. The van der Waals surface area contributed by atoms with E-state index in [-0.39, 0.29) is 12.0 Å². The van der Waals surface area contributed by atoms with Gasteiger partial charge in [-0.15, -0.1) is 0 Å². The van der Waals surface area contributed by atoms with Crippen LogP contribution in [0, 0.1) is 5.41 Å². The van der Waals surface area contributed by atoms with Gasteiger partial charge in [0.2, 0.25) is 0 Å². The molecule has 15 heavy (non-hydrogen) atoms. The van der Waals surface area contributed by atoms with E-state index < -0.39 is 12.8 Å². The summed E-state index contributed by atoms with van der Waals surface area (Å²) in [4.78, 5) is 0. The first-order valence-corrected chi connectivity index (χ1v) is 5.88. The van der Waals surface area contributed by atoms with Crippen molar-refractivity contribution in [3.05, 3.63) is 0 Å². The van der Waals surface area contributed by atoms with Crippen molar-refractivity contribution in [1.82, 2.24) is 0 Å². The minimum atomic E-state index is -4.25. The first-order valence-electron chi connectivity index (χ1n) is 4.76. The quantitative estimate of drug-likeness (QED) is 0.742. The van der Waals surface area contributed by atoms with Crippen molar-refractivity contribution in [2.75, 3.05) is 31.8 Å². The maximum absolute atomic E-state index is 11.9. The van der Waals surface area contributed by atoms with Crippen LogP contribution in [0.2, 0.25) is 0 Å². The molecule has 0 aromatic rings. The molecule has 0 radical (unpaired) electrons. The SMILES string of the molecule is FC(F)(F)COCC1(CBr)CCCOC1. The van der Waals surface area contributed by atoms with E-state index in [1.165, 1.54) is 0 Å². The lowest BCUT2D eigenvalue weighted by molar-refractivity contribution is -0.184. The van der Waals surface area contributed by atoms with Crippen LogP contribution in [0.15, 0.2) is 0 Å². The van der Waals surface area contributed by atoms with Crippen molar-refractivity contribution in [2.45, 2.75) is 19.0 Å². The molecule has 0 spiro atoms. The number of ether oxygens (including phenoxy) is 2. The molecule has 0 saturated carbocycles. The standard InChI is InChI=1S/C9H14BrF3O2/c10-4-8(2-1-3-14-5-8)6-15-7-9(11,12)13/h1-7H2. The summed E-state index contributed by atoms with van der Waals surface area (Å²) in [6, 6.07) is 0. The lowest BCUT2D eigenvalue weighted by atomic mass is 9.86. The van der Waals surface area contributed by atoms with Crippen molar-refractivity contribution < 1.29 is 22.6 Å². The highest BCUT2D eigenvalue weighted by Gasteiger charge is 2.34. The molecule has 1 fully saturated rings. The molecular weight excluding hydrogens is 277 g/mol. The molecule has 1 saturated heterocycles. The van der Waals surface area contributed by atoms with Gasteiger partial charge in [0, 0.05) is 17.4 Å². The van der Waals surface area contributed by atoms with E-state index in [1.54, 1.807) is 0 Å². The lowest BCUT2D eigenvalue weighted by Crippen LogP contribution is -2.38. The zero-order chi connectivity index (χ0) is 11.4. The molecule has 0 N–H and O–H groups in total. The summed E-state index contributed by atoms with van der Waals surface area (Å²) < 4.78 is 45.6. The van der Waals surface area contributed by atoms with Gasteiger partial charge in [0.05, 0.1) is 13.2 Å². The summed E-state index contributed by atoms with van der Waals surface area (Å²) in [7, 11) is 0. The molecule has 1 rings (SSSR count). The van der Waals surface area contributed by atoms with Crippen LogP contribution in [0.1, 0.15) is 12.8 Å².